The molecule has 4 rings (SSSR count). The minimum absolute atomic E-state index is 0.0688. The molecule has 0 radical (unpaired) electrons. The summed E-state index contributed by atoms with van der Waals surface area (Å²) in [5.74, 6) is 3.73. The van der Waals surface area contributed by atoms with Crippen molar-refractivity contribution in [2.75, 3.05) is 46.0 Å². The summed E-state index contributed by atoms with van der Waals surface area (Å²) in [6.45, 7) is 20.0. The van der Waals surface area contributed by atoms with E-state index >= 15 is 0 Å². The number of rotatable bonds is 24. The van der Waals surface area contributed by atoms with Crippen LogP contribution in [-0.2, 0) is 19.0 Å². The van der Waals surface area contributed by atoms with Gasteiger partial charge < -0.3 is 30.6 Å². The maximum absolute atomic E-state index is 13.7. The minimum Gasteiger partial charge on any atom is -0.378 e. The quantitative estimate of drug-likeness (QED) is 0.0967. The van der Waals surface area contributed by atoms with E-state index in [-0.39, 0.29) is 23.0 Å². The molecule has 298 valence electrons. The van der Waals surface area contributed by atoms with Crippen molar-refractivity contribution < 1.29 is 19.0 Å². The third kappa shape index (κ3) is 10.5. The fourth-order valence-corrected chi connectivity index (χ4v) is 11.8. The molecule has 4 aliphatic rings. The van der Waals surface area contributed by atoms with E-state index in [2.05, 4.69) is 46.4 Å². The second kappa shape index (κ2) is 21.4. The summed E-state index contributed by atoms with van der Waals surface area (Å²) in [7, 11) is 0. The molecule has 0 heterocycles. The highest BCUT2D eigenvalue weighted by Crippen LogP contribution is 2.69. The lowest BCUT2D eigenvalue weighted by Gasteiger charge is -2.65. The van der Waals surface area contributed by atoms with Crippen LogP contribution in [0.5, 0.6) is 0 Å². The van der Waals surface area contributed by atoms with Gasteiger partial charge >= 0.3 is 0 Å². The van der Waals surface area contributed by atoms with Crippen LogP contribution in [0.25, 0.3) is 0 Å². The molecule has 0 aromatic rings. The van der Waals surface area contributed by atoms with E-state index in [0.29, 0.717) is 67.0 Å². The minimum atomic E-state index is 0.0688. The predicted octanol–water partition coefficient (Wildman–Crippen LogP) is 9.14. The molecule has 0 saturated heterocycles. The number of nitrogens with two attached hydrogens (primary N) is 2. The average molecular weight is 718 g/mol. The molecule has 0 aromatic carbocycles. The van der Waals surface area contributed by atoms with Crippen molar-refractivity contribution in [1.29, 1.82) is 0 Å². The number of fused-ring (bicyclic) bond motifs is 5. The predicted molar refractivity (Wildman–Crippen MR) is 211 cm³/mol. The van der Waals surface area contributed by atoms with Crippen LogP contribution < -0.4 is 11.5 Å². The standard InChI is InChI=1S/C44H83N3O4/c1-7-10-13-25-47(26-14-11-8-2)41(48)20-17-33(4)36-18-19-37-42-38(32-40(44(36,37)6)51-29-16-24-46)43(5)22-21-35(49-27-12-9-3)30-34(43)31-39(42)50-28-15-23-45/h33-40,42H,7-32,45-46H2,1-6H3/t33-,34?,35-,36-,37+,38+,39-,40+,42?,43+,44-/m1/s1. The van der Waals surface area contributed by atoms with E-state index in [9.17, 15) is 4.79 Å². The van der Waals surface area contributed by atoms with Crippen LogP contribution in [0.4, 0.5) is 0 Å². The summed E-state index contributed by atoms with van der Waals surface area (Å²) < 4.78 is 20.5. The van der Waals surface area contributed by atoms with E-state index in [4.69, 9.17) is 25.7 Å². The summed E-state index contributed by atoms with van der Waals surface area (Å²) in [4.78, 5) is 15.9. The molecule has 0 bridgehead atoms. The van der Waals surface area contributed by atoms with Crippen LogP contribution in [0.3, 0.4) is 0 Å². The number of nitrogens with zero attached hydrogens (tertiary/aromatic N) is 1. The zero-order valence-electron chi connectivity index (χ0n) is 34.3. The Labute approximate surface area is 314 Å². The van der Waals surface area contributed by atoms with Crippen molar-refractivity contribution in [3.8, 4) is 0 Å². The smallest absolute Gasteiger partial charge is 0.222 e. The third-order valence-electron chi connectivity index (χ3n) is 14.9. The first-order valence-electron chi connectivity index (χ1n) is 22.2. The lowest BCUT2D eigenvalue weighted by Crippen LogP contribution is -2.63. The normalized spacial score (nSPS) is 35.2. The molecule has 7 heteroatoms. The molecule has 4 aliphatic carbocycles. The number of ether oxygens (including phenoxy) is 3. The van der Waals surface area contributed by atoms with Gasteiger partial charge in [-0.3, -0.25) is 4.79 Å². The van der Waals surface area contributed by atoms with Gasteiger partial charge in [0.2, 0.25) is 5.91 Å². The van der Waals surface area contributed by atoms with Crippen LogP contribution in [0.15, 0.2) is 0 Å². The Bertz CT molecular complexity index is 987. The van der Waals surface area contributed by atoms with Crippen LogP contribution in [0, 0.1) is 46.3 Å². The first-order valence-corrected chi connectivity index (χ1v) is 22.2. The Morgan fingerprint density at radius 1 is 0.765 bits per heavy atom. The third-order valence-corrected chi connectivity index (χ3v) is 14.9. The zero-order valence-corrected chi connectivity index (χ0v) is 34.3. The number of hydrogen-bond acceptors (Lipinski definition) is 6. The fourth-order valence-electron chi connectivity index (χ4n) is 11.8. The fraction of sp³-hybridized carbons (Fsp3) is 0.977. The molecule has 11 atom stereocenters. The Balaban J connectivity index is 1.56. The topological polar surface area (TPSA) is 100 Å². The number of unbranched alkanes of at least 4 members (excludes halogenated alkanes) is 5. The molecule has 1 amide bonds. The van der Waals surface area contributed by atoms with Crippen molar-refractivity contribution in [1.82, 2.24) is 4.90 Å². The van der Waals surface area contributed by atoms with Crippen LogP contribution >= 0.6 is 0 Å². The maximum atomic E-state index is 13.7. The van der Waals surface area contributed by atoms with Gasteiger partial charge in [-0.25, -0.2) is 0 Å². The Morgan fingerprint density at radius 3 is 2.06 bits per heavy atom. The molecule has 2 unspecified atom stereocenters. The van der Waals surface area contributed by atoms with Crippen molar-refractivity contribution in [2.24, 2.45) is 57.8 Å². The zero-order chi connectivity index (χ0) is 36.9. The lowest BCUT2D eigenvalue weighted by molar-refractivity contribution is -0.227. The molecule has 51 heavy (non-hydrogen) atoms. The molecule has 0 aliphatic heterocycles. The van der Waals surface area contributed by atoms with Gasteiger partial charge in [-0.1, -0.05) is 73.6 Å². The van der Waals surface area contributed by atoms with Gasteiger partial charge in [-0.15, -0.1) is 0 Å². The van der Waals surface area contributed by atoms with Gasteiger partial charge in [0, 0.05) is 44.7 Å². The van der Waals surface area contributed by atoms with Crippen molar-refractivity contribution >= 4 is 5.91 Å². The number of carbonyl (C=O) groups excluding carboxylic acids is 1. The van der Waals surface area contributed by atoms with Crippen LogP contribution in [-0.4, -0.2) is 75.1 Å². The first kappa shape index (κ1) is 43.0. The SMILES string of the molecule is CCCCCN(CCCCC)C(=O)CC[C@@H](C)[C@H]1CC[C@H]2C3[C@H](OCCCN)CC4C[C@H](OCCCC)CC[C@]4(C)[C@H]3C[C@H](OCCCN)[C@]12C. The molecule has 7 nitrogen and oxygen atoms in total. The number of carbonyl (C=O) groups is 1. The van der Waals surface area contributed by atoms with Gasteiger partial charge in [0.05, 0.1) is 18.3 Å². The van der Waals surface area contributed by atoms with E-state index in [0.717, 1.165) is 84.3 Å². The second-order valence-electron chi connectivity index (χ2n) is 18.0. The van der Waals surface area contributed by atoms with Crippen molar-refractivity contribution in [3.63, 3.8) is 0 Å². The summed E-state index contributed by atoms with van der Waals surface area (Å²) in [5.41, 5.74) is 12.4. The van der Waals surface area contributed by atoms with Crippen molar-refractivity contribution in [2.45, 2.75) is 182 Å². The largest absolute Gasteiger partial charge is 0.378 e. The molecular weight excluding hydrogens is 635 g/mol. The lowest BCUT2D eigenvalue weighted by atomic mass is 9.43. The Morgan fingerprint density at radius 2 is 1.41 bits per heavy atom. The number of amides is 1. The maximum Gasteiger partial charge on any atom is 0.222 e. The molecular formula is C44H83N3O4. The highest BCUT2D eigenvalue weighted by molar-refractivity contribution is 5.76. The Kier molecular flexibility index (Phi) is 18.0. The summed E-state index contributed by atoms with van der Waals surface area (Å²) in [6, 6.07) is 0. The van der Waals surface area contributed by atoms with E-state index in [1.165, 1.54) is 64.2 Å². The summed E-state index contributed by atoms with van der Waals surface area (Å²) >= 11 is 0. The van der Waals surface area contributed by atoms with E-state index < -0.39 is 0 Å². The molecule has 0 aromatic heterocycles. The number of hydrogen-bond donors (Lipinski definition) is 2. The van der Waals surface area contributed by atoms with Gasteiger partial charge in [-0.2, -0.15) is 0 Å². The molecule has 4 fully saturated rings. The monoisotopic (exact) mass is 718 g/mol. The van der Waals surface area contributed by atoms with Crippen molar-refractivity contribution in [3.05, 3.63) is 0 Å². The summed E-state index contributed by atoms with van der Waals surface area (Å²) in [5, 5.41) is 0. The highest BCUT2D eigenvalue weighted by atomic mass is 16.5. The van der Waals surface area contributed by atoms with Crippen LogP contribution in [0.1, 0.15) is 164 Å². The Hall–Kier alpha value is -0.730. The van der Waals surface area contributed by atoms with Gasteiger partial charge in [0.15, 0.2) is 0 Å². The average Bonchev–Trinajstić information content (AvgIpc) is 3.48. The van der Waals surface area contributed by atoms with E-state index in [1.807, 2.05) is 0 Å². The summed E-state index contributed by atoms with van der Waals surface area (Å²) in [6.07, 6.45) is 22.1. The molecule has 4 N–H and O–H groups in total. The van der Waals surface area contributed by atoms with Gasteiger partial charge in [0.1, 0.15) is 0 Å². The molecule has 4 saturated carbocycles. The highest BCUT2D eigenvalue weighted by Gasteiger charge is 2.66. The second-order valence-corrected chi connectivity index (χ2v) is 18.0. The first-order chi connectivity index (χ1) is 24.7. The van der Waals surface area contributed by atoms with Crippen LogP contribution in [0.2, 0.25) is 0 Å². The van der Waals surface area contributed by atoms with Gasteiger partial charge in [-0.05, 0) is 137 Å². The molecule has 0 spiro atoms. The van der Waals surface area contributed by atoms with E-state index in [1.54, 1.807) is 0 Å². The van der Waals surface area contributed by atoms with Gasteiger partial charge in [0.25, 0.3) is 0 Å².